The summed E-state index contributed by atoms with van der Waals surface area (Å²) in [4.78, 5) is 10.4. The van der Waals surface area contributed by atoms with E-state index >= 15 is 0 Å². The van der Waals surface area contributed by atoms with Crippen LogP contribution in [-0.2, 0) is 13.0 Å². The molecule has 1 aliphatic rings. The molecule has 2 N–H and O–H groups in total. The maximum absolute atomic E-state index is 10.7. The molecular formula is C15H15N3O2. The predicted molar refractivity (Wildman–Crippen MR) is 79.1 cm³/mol. The van der Waals surface area contributed by atoms with Gasteiger partial charge < -0.3 is 10.6 Å². The Morgan fingerprint density at radius 1 is 1.25 bits per heavy atom. The summed E-state index contributed by atoms with van der Waals surface area (Å²) in [5.41, 5.74) is 4.58. The van der Waals surface area contributed by atoms with Crippen molar-refractivity contribution in [2.75, 3.05) is 17.2 Å². The Kier molecular flexibility index (Phi) is 3.25. The van der Waals surface area contributed by atoms with E-state index in [1.54, 1.807) is 12.1 Å². The van der Waals surface area contributed by atoms with E-state index in [0.717, 1.165) is 18.7 Å². The normalized spacial score (nSPS) is 12.6. The SMILES string of the molecule is O=[N+]([O-])c1cccc(NCc2cccc3c2NCC3)c1. The van der Waals surface area contributed by atoms with Gasteiger partial charge in [0.25, 0.3) is 5.69 Å². The second-order valence-electron chi connectivity index (χ2n) is 4.79. The highest BCUT2D eigenvalue weighted by Crippen LogP contribution is 2.27. The van der Waals surface area contributed by atoms with E-state index in [0.29, 0.717) is 6.54 Å². The van der Waals surface area contributed by atoms with Gasteiger partial charge in [0.1, 0.15) is 0 Å². The highest BCUT2D eigenvalue weighted by Gasteiger charge is 2.13. The Morgan fingerprint density at radius 3 is 2.95 bits per heavy atom. The number of non-ortho nitro benzene ring substituents is 1. The standard InChI is InChI=1S/C15H15N3O2/c19-18(20)14-6-2-5-13(9-14)17-10-12-4-1-3-11-7-8-16-15(11)12/h1-6,9,16-17H,7-8,10H2. The quantitative estimate of drug-likeness (QED) is 0.661. The third-order valence-corrected chi connectivity index (χ3v) is 3.47. The van der Waals surface area contributed by atoms with Crippen LogP contribution < -0.4 is 10.6 Å². The first kappa shape index (κ1) is 12.5. The van der Waals surface area contributed by atoms with Gasteiger partial charge in [-0.05, 0) is 23.6 Å². The molecule has 0 aromatic heterocycles. The fourth-order valence-corrected chi connectivity index (χ4v) is 2.48. The molecule has 0 fully saturated rings. The van der Waals surface area contributed by atoms with Crippen LogP contribution in [0.25, 0.3) is 0 Å². The number of anilines is 2. The third-order valence-electron chi connectivity index (χ3n) is 3.47. The van der Waals surface area contributed by atoms with Crippen molar-refractivity contribution in [3.05, 3.63) is 63.7 Å². The lowest BCUT2D eigenvalue weighted by Crippen LogP contribution is -2.03. The average Bonchev–Trinajstić information content (AvgIpc) is 2.94. The van der Waals surface area contributed by atoms with Crippen LogP contribution in [-0.4, -0.2) is 11.5 Å². The van der Waals surface area contributed by atoms with Crippen molar-refractivity contribution in [3.8, 4) is 0 Å². The van der Waals surface area contributed by atoms with Crippen LogP contribution in [0.1, 0.15) is 11.1 Å². The minimum absolute atomic E-state index is 0.103. The molecule has 0 amide bonds. The first-order chi connectivity index (χ1) is 9.74. The Bertz CT molecular complexity index is 655. The van der Waals surface area contributed by atoms with E-state index in [2.05, 4.69) is 28.8 Å². The van der Waals surface area contributed by atoms with Gasteiger partial charge in [0.2, 0.25) is 0 Å². The molecule has 5 heteroatoms. The summed E-state index contributed by atoms with van der Waals surface area (Å²) in [7, 11) is 0. The number of nitrogens with zero attached hydrogens (tertiary/aromatic N) is 1. The van der Waals surface area contributed by atoms with Gasteiger partial charge in [0.15, 0.2) is 0 Å². The van der Waals surface area contributed by atoms with E-state index in [1.165, 1.54) is 22.9 Å². The molecule has 0 saturated heterocycles. The molecule has 1 heterocycles. The van der Waals surface area contributed by atoms with E-state index in [-0.39, 0.29) is 10.6 Å². The van der Waals surface area contributed by atoms with Crippen LogP contribution in [0.3, 0.4) is 0 Å². The lowest BCUT2D eigenvalue weighted by molar-refractivity contribution is -0.384. The van der Waals surface area contributed by atoms with Gasteiger partial charge in [-0.1, -0.05) is 24.3 Å². The van der Waals surface area contributed by atoms with Crippen molar-refractivity contribution in [1.82, 2.24) is 0 Å². The fourth-order valence-electron chi connectivity index (χ4n) is 2.48. The molecule has 2 aromatic rings. The highest BCUT2D eigenvalue weighted by atomic mass is 16.6. The number of rotatable bonds is 4. The summed E-state index contributed by atoms with van der Waals surface area (Å²) in [5, 5.41) is 17.4. The minimum atomic E-state index is -0.382. The molecule has 20 heavy (non-hydrogen) atoms. The minimum Gasteiger partial charge on any atom is -0.384 e. The highest BCUT2D eigenvalue weighted by molar-refractivity contribution is 5.62. The molecular weight excluding hydrogens is 254 g/mol. The van der Waals surface area contributed by atoms with Crippen molar-refractivity contribution < 1.29 is 4.92 Å². The molecule has 5 nitrogen and oxygen atoms in total. The van der Waals surface area contributed by atoms with Crippen LogP contribution in [0.15, 0.2) is 42.5 Å². The number of nitro groups is 1. The van der Waals surface area contributed by atoms with E-state index < -0.39 is 0 Å². The fraction of sp³-hybridized carbons (Fsp3) is 0.200. The number of nitrogens with one attached hydrogen (secondary N) is 2. The summed E-state index contributed by atoms with van der Waals surface area (Å²) >= 11 is 0. The van der Waals surface area contributed by atoms with E-state index in [4.69, 9.17) is 0 Å². The lowest BCUT2D eigenvalue weighted by atomic mass is 10.1. The van der Waals surface area contributed by atoms with E-state index in [9.17, 15) is 10.1 Å². The summed E-state index contributed by atoms with van der Waals surface area (Å²) in [6.45, 7) is 1.63. The van der Waals surface area contributed by atoms with Crippen molar-refractivity contribution in [3.63, 3.8) is 0 Å². The summed E-state index contributed by atoms with van der Waals surface area (Å²) in [6, 6.07) is 12.8. The maximum Gasteiger partial charge on any atom is 0.271 e. The summed E-state index contributed by atoms with van der Waals surface area (Å²) in [5.74, 6) is 0. The summed E-state index contributed by atoms with van der Waals surface area (Å²) in [6.07, 6.45) is 1.06. The van der Waals surface area contributed by atoms with Crippen molar-refractivity contribution in [1.29, 1.82) is 0 Å². The molecule has 0 spiro atoms. The van der Waals surface area contributed by atoms with Gasteiger partial charge in [-0.3, -0.25) is 10.1 Å². The number of hydrogen-bond donors (Lipinski definition) is 2. The lowest BCUT2D eigenvalue weighted by Gasteiger charge is -2.11. The second kappa shape index (κ2) is 5.21. The number of para-hydroxylation sites is 1. The first-order valence-corrected chi connectivity index (χ1v) is 6.57. The number of hydrogen-bond acceptors (Lipinski definition) is 4. The van der Waals surface area contributed by atoms with Gasteiger partial charge in [0.05, 0.1) is 4.92 Å². The Hall–Kier alpha value is -2.56. The molecule has 0 aliphatic carbocycles. The van der Waals surface area contributed by atoms with Gasteiger partial charge in [0, 0.05) is 36.6 Å². The van der Waals surface area contributed by atoms with Gasteiger partial charge >= 0.3 is 0 Å². The molecule has 0 bridgehead atoms. The molecule has 0 radical (unpaired) electrons. The van der Waals surface area contributed by atoms with Crippen LogP contribution in [0.5, 0.6) is 0 Å². The summed E-state index contributed by atoms with van der Waals surface area (Å²) < 4.78 is 0. The Labute approximate surface area is 116 Å². The van der Waals surface area contributed by atoms with Crippen LogP contribution in [0.2, 0.25) is 0 Å². The predicted octanol–water partition coefficient (Wildman–Crippen LogP) is 3.17. The molecule has 102 valence electrons. The molecule has 3 rings (SSSR count). The van der Waals surface area contributed by atoms with Crippen molar-refractivity contribution >= 4 is 17.1 Å². The van der Waals surface area contributed by atoms with Crippen LogP contribution >= 0.6 is 0 Å². The largest absolute Gasteiger partial charge is 0.384 e. The molecule has 1 aliphatic heterocycles. The average molecular weight is 269 g/mol. The number of nitro benzene ring substituents is 1. The van der Waals surface area contributed by atoms with E-state index in [1.807, 2.05) is 6.07 Å². The van der Waals surface area contributed by atoms with Gasteiger partial charge in [-0.15, -0.1) is 0 Å². The molecule has 0 saturated carbocycles. The first-order valence-electron chi connectivity index (χ1n) is 6.57. The number of benzene rings is 2. The molecule has 0 atom stereocenters. The number of fused-ring (bicyclic) bond motifs is 1. The third kappa shape index (κ3) is 2.42. The van der Waals surface area contributed by atoms with Gasteiger partial charge in [-0.2, -0.15) is 0 Å². The van der Waals surface area contributed by atoms with Gasteiger partial charge in [-0.25, -0.2) is 0 Å². The Morgan fingerprint density at radius 2 is 2.10 bits per heavy atom. The smallest absolute Gasteiger partial charge is 0.271 e. The Balaban J connectivity index is 1.76. The second-order valence-corrected chi connectivity index (χ2v) is 4.79. The topological polar surface area (TPSA) is 67.2 Å². The zero-order valence-electron chi connectivity index (χ0n) is 10.9. The van der Waals surface area contributed by atoms with Crippen LogP contribution in [0, 0.1) is 10.1 Å². The monoisotopic (exact) mass is 269 g/mol. The maximum atomic E-state index is 10.7. The van der Waals surface area contributed by atoms with Crippen molar-refractivity contribution in [2.24, 2.45) is 0 Å². The zero-order valence-corrected chi connectivity index (χ0v) is 10.9. The molecule has 2 aromatic carbocycles. The molecule has 0 unspecified atom stereocenters. The van der Waals surface area contributed by atoms with Crippen molar-refractivity contribution in [2.45, 2.75) is 13.0 Å². The zero-order chi connectivity index (χ0) is 13.9. The van der Waals surface area contributed by atoms with Crippen LogP contribution in [0.4, 0.5) is 17.1 Å².